The highest BCUT2D eigenvalue weighted by Gasteiger charge is 2.72. The van der Waals surface area contributed by atoms with Crippen molar-refractivity contribution in [2.24, 2.45) is 22.7 Å². The Kier molecular flexibility index (Phi) is 7.17. The number of rotatable bonds is 6. The molecule has 0 bridgehead atoms. The molecule has 6 rings (SSSR count). The summed E-state index contributed by atoms with van der Waals surface area (Å²) in [7, 11) is 0. The Balaban J connectivity index is 1.48. The van der Waals surface area contributed by atoms with Crippen LogP contribution >= 0.6 is 0 Å². The molecule has 8 nitrogen and oxygen atoms in total. The standard InChI is InChI=1S/C38H38O8/c1-19(2)30-32(42)28(20(3)39)34(44)38(46)35(45)31-33(43)29-25(17-36(31,4)18-37(30,38)5)24(14-15-26(29)40)22-12-10-21(11-13-22)16-27(41)23-8-6-7-9-23/h6-8,10-15,19,30,40,43-44,46H,9,16-18H2,1-5H3/t30?,36-,37-,38+/m1/s1. The van der Waals surface area contributed by atoms with Crippen LogP contribution in [0, 0.1) is 22.7 Å². The van der Waals surface area contributed by atoms with Crippen molar-refractivity contribution in [3.8, 4) is 16.9 Å². The van der Waals surface area contributed by atoms with Gasteiger partial charge in [-0.15, -0.1) is 0 Å². The maximum atomic E-state index is 14.5. The summed E-state index contributed by atoms with van der Waals surface area (Å²) in [6.07, 6.45) is 6.74. The topological polar surface area (TPSA) is 149 Å². The predicted molar refractivity (Wildman–Crippen MR) is 172 cm³/mol. The second kappa shape index (κ2) is 10.5. The van der Waals surface area contributed by atoms with Gasteiger partial charge in [0, 0.05) is 28.7 Å². The summed E-state index contributed by atoms with van der Waals surface area (Å²) >= 11 is 0. The first-order valence-electron chi connectivity index (χ1n) is 15.6. The van der Waals surface area contributed by atoms with Gasteiger partial charge in [-0.25, -0.2) is 0 Å². The fourth-order valence-corrected chi connectivity index (χ4v) is 8.74. The van der Waals surface area contributed by atoms with Crippen LogP contribution < -0.4 is 0 Å². The molecule has 46 heavy (non-hydrogen) atoms. The van der Waals surface area contributed by atoms with Crippen LogP contribution in [0.1, 0.15) is 64.2 Å². The molecule has 1 fully saturated rings. The van der Waals surface area contributed by atoms with Crippen molar-refractivity contribution in [3.63, 3.8) is 0 Å². The lowest BCUT2D eigenvalue weighted by molar-refractivity contribution is -0.178. The number of phenolic OH excluding ortho intramolecular Hbond substituents is 1. The molecule has 2 aromatic rings. The summed E-state index contributed by atoms with van der Waals surface area (Å²) in [5.41, 5.74) is -2.32. The molecule has 4 aliphatic rings. The second-order valence-electron chi connectivity index (χ2n) is 14.1. The molecule has 0 aliphatic heterocycles. The van der Waals surface area contributed by atoms with Crippen LogP contribution in [0.25, 0.3) is 16.9 Å². The molecular weight excluding hydrogens is 584 g/mol. The van der Waals surface area contributed by atoms with Gasteiger partial charge >= 0.3 is 0 Å². The summed E-state index contributed by atoms with van der Waals surface area (Å²) < 4.78 is 0. The smallest absolute Gasteiger partial charge is 0.203 e. The van der Waals surface area contributed by atoms with E-state index in [-0.39, 0.29) is 41.9 Å². The number of fused-ring (bicyclic) bond motifs is 3. The molecule has 1 saturated carbocycles. The van der Waals surface area contributed by atoms with E-state index in [1.54, 1.807) is 33.8 Å². The fraction of sp³-hybridized carbons (Fsp3) is 0.368. The normalized spacial score (nSPS) is 28.7. The molecule has 0 spiro atoms. The molecular formula is C38H38O8. The Morgan fingerprint density at radius 2 is 1.67 bits per heavy atom. The first-order valence-corrected chi connectivity index (χ1v) is 15.6. The Labute approximate surface area is 267 Å². The van der Waals surface area contributed by atoms with E-state index in [2.05, 4.69) is 0 Å². The van der Waals surface area contributed by atoms with E-state index in [0.29, 0.717) is 17.5 Å². The Bertz CT molecular complexity index is 1870. The highest BCUT2D eigenvalue weighted by Crippen LogP contribution is 2.65. The number of hydrogen-bond acceptors (Lipinski definition) is 8. The van der Waals surface area contributed by atoms with E-state index in [1.165, 1.54) is 6.07 Å². The van der Waals surface area contributed by atoms with E-state index in [9.17, 15) is 39.6 Å². The first-order chi connectivity index (χ1) is 21.6. The Morgan fingerprint density at radius 1 is 1.00 bits per heavy atom. The molecule has 0 saturated heterocycles. The zero-order valence-electron chi connectivity index (χ0n) is 26.6. The molecule has 0 heterocycles. The Morgan fingerprint density at radius 3 is 2.26 bits per heavy atom. The highest BCUT2D eigenvalue weighted by atomic mass is 16.3. The number of carbonyl (C=O) groups excluding carboxylic acids is 4. The van der Waals surface area contributed by atoms with Crippen LogP contribution in [0.4, 0.5) is 0 Å². The number of aliphatic hydroxyl groups is 3. The summed E-state index contributed by atoms with van der Waals surface area (Å²) in [6.45, 7) is 8.02. The van der Waals surface area contributed by atoms with Crippen LogP contribution in [0.2, 0.25) is 0 Å². The van der Waals surface area contributed by atoms with Gasteiger partial charge in [-0.1, -0.05) is 76.3 Å². The van der Waals surface area contributed by atoms with Crippen molar-refractivity contribution in [2.75, 3.05) is 0 Å². The van der Waals surface area contributed by atoms with Gasteiger partial charge in [0.05, 0.1) is 5.56 Å². The molecule has 8 heteroatoms. The number of hydrogen-bond donors (Lipinski definition) is 4. The largest absolute Gasteiger partial charge is 0.508 e. The van der Waals surface area contributed by atoms with Crippen LogP contribution in [-0.4, -0.2) is 49.2 Å². The molecule has 4 N–H and O–H groups in total. The van der Waals surface area contributed by atoms with Crippen LogP contribution in [0.15, 0.2) is 77.1 Å². The van der Waals surface area contributed by atoms with Crippen molar-refractivity contribution >= 4 is 28.9 Å². The molecule has 238 valence electrons. The number of benzene rings is 2. The monoisotopic (exact) mass is 622 g/mol. The fourth-order valence-electron chi connectivity index (χ4n) is 8.74. The molecule has 1 unspecified atom stereocenters. The molecule has 0 radical (unpaired) electrons. The van der Waals surface area contributed by atoms with Crippen molar-refractivity contribution in [1.82, 2.24) is 0 Å². The minimum absolute atomic E-state index is 0.0196. The lowest BCUT2D eigenvalue weighted by atomic mass is 9.43. The number of allylic oxidation sites excluding steroid dienone is 5. The zero-order valence-corrected chi connectivity index (χ0v) is 26.6. The van der Waals surface area contributed by atoms with Crippen LogP contribution in [0.3, 0.4) is 0 Å². The quantitative estimate of drug-likeness (QED) is 0.293. The molecule has 0 aromatic heterocycles. The average Bonchev–Trinajstić information content (AvgIpc) is 3.51. The number of aromatic hydroxyl groups is 1. The first kappa shape index (κ1) is 31.4. The number of phenols is 1. The van der Waals surface area contributed by atoms with E-state index in [4.69, 9.17) is 0 Å². The van der Waals surface area contributed by atoms with Gasteiger partial charge in [0.25, 0.3) is 0 Å². The minimum Gasteiger partial charge on any atom is -0.508 e. The zero-order chi connectivity index (χ0) is 33.5. The van der Waals surface area contributed by atoms with E-state index >= 15 is 0 Å². The van der Waals surface area contributed by atoms with Gasteiger partial charge in [-0.2, -0.15) is 0 Å². The Hall–Kier alpha value is -4.56. The van der Waals surface area contributed by atoms with E-state index in [0.717, 1.165) is 23.6 Å². The maximum Gasteiger partial charge on any atom is 0.203 e. The third kappa shape index (κ3) is 4.23. The van der Waals surface area contributed by atoms with Crippen molar-refractivity contribution in [3.05, 3.63) is 93.8 Å². The molecule has 4 atom stereocenters. The molecule has 0 amide bonds. The summed E-state index contributed by atoms with van der Waals surface area (Å²) in [5, 5.41) is 46.3. The maximum absolute atomic E-state index is 14.5. The summed E-state index contributed by atoms with van der Waals surface area (Å²) in [6, 6.07) is 10.7. The number of ketones is 4. The molecule has 2 aromatic carbocycles. The van der Waals surface area contributed by atoms with E-state index < -0.39 is 62.7 Å². The highest BCUT2D eigenvalue weighted by molar-refractivity contribution is 6.24. The lowest BCUT2D eigenvalue weighted by Crippen LogP contribution is -2.69. The second-order valence-corrected chi connectivity index (χ2v) is 14.1. The van der Waals surface area contributed by atoms with Gasteiger partial charge in [0.2, 0.25) is 5.78 Å². The van der Waals surface area contributed by atoms with Gasteiger partial charge in [-0.05, 0) is 66.0 Å². The van der Waals surface area contributed by atoms with Gasteiger partial charge in [0.1, 0.15) is 22.8 Å². The summed E-state index contributed by atoms with van der Waals surface area (Å²) in [4.78, 5) is 53.4. The van der Waals surface area contributed by atoms with Gasteiger partial charge in [0.15, 0.2) is 23.0 Å². The third-order valence-corrected chi connectivity index (χ3v) is 10.6. The van der Waals surface area contributed by atoms with Gasteiger partial charge < -0.3 is 20.4 Å². The summed E-state index contributed by atoms with van der Waals surface area (Å²) in [5.74, 6) is -5.45. The lowest BCUT2D eigenvalue weighted by Gasteiger charge is -2.59. The van der Waals surface area contributed by atoms with Gasteiger partial charge in [-0.3, -0.25) is 19.2 Å². The number of carbonyl (C=O) groups is 4. The number of aliphatic hydroxyl groups excluding tert-OH is 2. The SMILES string of the molecule is CC(=O)C1=C(O)[C@]2(O)C(=O)C3=C(O)c4c(O)ccc(-c5ccc(CC(=O)C6=CC=CC6)cc5)c4C[C@]3(C)C[C@]2(C)C(C(C)C)C1=O. The third-order valence-electron chi connectivity index (χ3n) is 10.6. The van der Waals surface area contributed by atoms with Crippen LogP contribution in [-0.2, 0) is 32.0 Å². The number of Topliss-reactive ketones (excluding diaryl/α,β-unsaturated/α-hetero) is 4. The minimum atomic E-state index is -2.65. The van der Waals surface area contributed by atoms with Crippen molar-refractivity contribution < 1.29 is 39.6 Å². The average molecular weight is 623 g/mol. The van der Waals surface area contributed by atoms with Crippen LogP contribution in [0.5, 0.6) is 5.75 Å². The van der Waals surface area contributed by atoms with Crippen molar-refractivity contribution in [2.45, 2.75) is 65.9 Å². The predicted octanol–water partition coefficient (Wildman–Crippen LogP) is 5.85. The van der Waals surface area contributed by atoms with Crippen molar-refractivity contribution in [1.29, 1.82) is 0 Å². The molecule has 4 aliphatic carbocycles. The van der Waals surface area contributed by atoms with E-state index in [1.807, 2.05) is 42.5 Å².